The molecule has 7 heteroatoms. The number of ether oxygens (including phenoxy) is 1. The molecule has 0 bridgehead atoms. The van der Waals surface area contributed by atoms with E-state index in [2.05, 4.69) is 62.0 Å². The summed E-state index contributed by atoms with van der Waals surface area (Å²) < 4.78 is 5.46. The smallest absolute Gasteiger partial charge is 0.191 e. The van der Waals surface area contributed by atoms with E-state index in [4.69, 9.17) is 9.73 Å². The summed E-state index contributed by atoms with van der Waals surface area (Å²) in [6.45, 7) is 21.7. The maximum absolute atomic E-state index is 5.46. The molecule has 1 rings (SSSR count). The van der Waals surface area contributed by atoms with Crippen LogP contribution in [0.3, 0.4) is 0 Å². The molecule has 150 valence electrons. The monoisotopic (exact) mass is 469 g/mol. The van der Waals surface area contributed by atoms with Crippen molar-refractivity contribution in [3.8, 4) is 0 Å². The third kappa shape index (κ3) is 8.88. The highest BCUT2D eigenvalue weighted by Crippen LogP contribution is 2.16. The Morgan fingerprint density at radius 2 is 1.76 bits per heavy atom. The number of morpholine rings is 1. The van der Waals surface area contributed by atoms with Crippen LogP contribution in [0.2, 0.25) is 0 Å². The molecule has 0 saturated carbocycles. The Kier molecular flexibility index (Phi) is 13.0. The summed E-state index contributed by atoms with van der Waals surface area (Å²) in [5.41, 5.74) is 0.0522. The Bertz CT molecular complexity index is 368. The zero-order chi connectivity index (χ0) is 18.0. The van der Waals surface area contributed by atoms with E-state index in [1.165, 1.54) is 0 Å². The molecule has 1 heterocycles. The number of rotatable bonds is 9. The van der Waals surface area contributed by atoms with Crippen LogP contribution in [0.1, 0.15) is 41.5 Å². The van der Waals surface area contributed by atoms with Gasteiger partial charge in [0, 0.05) is 37.8 Å². The third-order valence-corrected chi connectivity index (χ3v) is 4.84. The van der Waals surface area contributed by atoms with Crippen molar-refractivity contribution < 1.29 is 4.74 Å². The standard InChI is InChI=1S/C18H39N5O.HI/c1-7-19-17(20-14-16(4)22(8-2)9-3)21-15-18(5,6)23-10-12-24-13-11-23;/h16H,7-15H2,1-6H3,(H2,19,20,21);1H. The van der Waals surface area contributed by atoms with Gasteiger partial charge >= 0.3 is 0 Å². The van der Waals surface area contributed by atoms with Gasteiger partial charge in [0.2, 0.25) is 0 Å². The van der Waals surface area contributed by atoms with E-state index in [-0.39, 0.29) is 29.5 Å². The maximum atomic E-state index is 5.46. The average molecular weight is 469 g/mol. The lowest BCUT2D eigenvalue weighted by molar-refractivity contribution is -0.00684. The number of halogens is 1. The van der Waals surface area contributed by atoms with Crippen molar-refractivity contribution in [2.75, 3.05) is 59.0 Å². The van der Waals surface area contributed by atoms with E-state index in [0.29, 0.717) is 6.04 Å². The predicted molar refractivity (Wildman–Crippen MR) is 118 cm³/mol. The van der Waals surface area contributed by atoms with Crippen molar-refractivity contribution in [2.24, 2.45) is 4.99 Å². The molecule has 1 unspecified atom stereocenters. The van der Waals surface area contributed by atoms with Crippen LogP contribution in [0.4, 0.5) is 0 Å². The van der Waals surface area contributed by atoms with Crippen LogP contribution >= 0.6 is 24.0 Å². The number of nitrogens with one attached hydrogen (secondary N) is 2. The van der Waals surface area contributed by atoms with Crippen LogP contribution in [-0.2, 0) is 4.74 Å². The Hall–Kier alpha value is -0.120. The van der Waals surface area contributed by atoms with Gasteiger partial charge in [0.25, 0.3) is 0 Å². The van der Waals surface area contributed by atoms with Gasteiger partial charge in [-0.25, -0.2) is 0 Å². The van der Waals surface area contributed by atoms with Gasteiger partial charge in [0.1, 0.15) is 0 Å². The first-order valence-corrected chi connectivity index (χ1v) is 9.53. The summed E-state index contributed by atoms with van der Waals surface area (Å²) in [6.07, 6.45) is 0. The van der Waals surface area contributed by atoms with Gasteiger partial charge in [-0.15, -0.1) is 24.0 Å². The molecular weight excluding hydrogens is 429 g/mol. The summed E-state index contributed by atoms with van der Waals surface area (Å²) in [5.74, 6) is 0.915. The molecule has 1 fully saturated rings. The first-order valence-electron chi connectivity index (χ1n) is 9.53. The van der Waals surface area contributed by atoms with E-state index in [0.717, 1.165) is 65.0 Å². The quantitative estimate of drug-likeness (QED) is 0.308. The maximum Gasteiger partial charge on any atom is 0.191 e. The van der Waals surface area contributed by atoms with Gasteiger partial charge in [0.15, 0.2) is 5.96 Å². The Morgan fingerprint density at radius 3 is 2.28 bits per heavy atom. The molecule has 0 aliphatic carbocycles. The largest absolute Gasteiger partial charge is 0.379 e. The zero-order valence-corrected chi connectivity index (χ0v) is 19.4. The van der Waals surface area contributed by atoms with Crippen LogP contribution in [0, 0.1) is 0 Å². The second-order valence-electron chi connectivity index (χ2n) is 7.06. The molecule has 25 heavy (non-hydrogen) atoms. The van der Waals surface area contributed by atoms with Crippen LogP contribution in [0.5, 0.6) is 0 Å². The molecule has 6 nitrogen and oxygen atoms in total. The molecule has 0 amide bonds. The van der Waals surface area contributed by atoms with Crippen molar-refractivity contribution in [2.45, 2.75) is 53.1 Å². The number of hydrogen-bond acceptors (Lipinski definition) is 4. The van der Waals surface area contributed by atoms with E-state index in [1.54, 1.807) is 0 Å². The van der Waals surface area contributed by atoms with Crippen molar-refractivity contribution in [3.63, 3.8) is 0 Å². The highest BCUT2D eigenvalue weighted by atomic mass is 127. The van der Waals surface area contributed by atoms with E-state index < -0.39 is 0 Å². The van der Waals surface area contributed by atoms with Gasteiger partial charge in [-0.05, 0) is 40.8 Å². The summed E-state index contributed by atoms with van der Waals surface area (Å²) in [6, 6.07) is 0.496. The van der Waals surface area contributed by atoms with Crippen LogP contribution in [0.25, 0.3) is 0 Å². The lowest BCUT2D eigenvalue weighted by atomic mass is 10.0. The fourth-order valence-electron chi connectivity index (χ4n) is 3.10. The minimum absolute atomic E-state index is 0. The first-order chi connectivity index (χ1) is 11.4. The van der Waals surface area contributed by atoms with Gasteiger partial charge in [0.05, 0.1) is 19.8 Å². The normalized spacial score (nSPS) is 18.0. The summed E-state index contributed by atoms with van der Waals surface area (Å²) >= 11 is 0. The molecular formula is C18H40IN5O. The first kappa shape index (κ1) is 24.9. The molecule has 0 spiro atoms. The summed E-state index contributed by atoms with van der Waals surface area (Å²) in [5, 5.41) is 6.86. The zero-order valence-electron chi connectivity index (χ0n) is 17.1. The molecule has 1 saturated heterocycles. The Labute approximate surface area is 172 Å². The minimum atomic E-state index is 0. The van der Waals surface area contributed by atoms with Crippen LogP contribution in [-0.4, -0.2) is 86.4 Å². The van der Waals surface area contributed by atoms with Crippen LogP contribution in [0.15, 0.2) is 4.99 Å². The minimum Gasteiger partial charge on any atom is -0.379 e. The summed E-state index contributed by atoms with van der Waals surface area (Å²) in [4.78, 5) is 9.76. The molecule has 1 atom stereocenters. The third-order valence-electron chi connectivity index (χ3n) is 4.84. The van der Waals surface area contributed by atoms with Crippen molar-refractivity contribution >= 4 is 29.9 Å². The second kappa shape index (κ2) is 13.1. The number of nitrogens with zero attached hydrogens (tertiary/aromatic N) is 3. The number of aliphatic imine (C=N–C) groups is 1. The Balaban J connectivity index is 0.00000576. The number of guanidine groups is 1. The fraction of sp³-hybridized carbons (Fsp3) is 0.944. The molecule has 0 aromatic heterocycles. The molecule has 0 radical (unpaired) electrons. The lowest BCUT2D eigenvalue weighted by Crippen LogP contribution is -2.52. The SMILES string of the molecule is CCNC(=NCC(C)(C)N1CCOCC1)NCC(C)N(CC)CC.I. The topological polar surface area (TPSA) is 52.1 Å². The van der Waals surface area contributed by atoms with Crippen molar-refractivity contribution in [3.05, 3.63) is 0 Å². The number of likely N-dealkylation sites (N-methyl/N-ethyl adjacent to an activating group) is 1. The fourth-order valence-corrected chi connectivity index (χ4v) is 3.10. The highest BCUT2D eigenvalue weighted by molar-refractivity contribution is 14.0. The molecule has 0 aromatic carbocycles. The van der Waals surface area contributed by atoms with Crippen molar-refractivity contribution in [1.82, 2.24) is 20.4 Å². The van der Waals surface area contributed by atoms with Gasteiger partial charge in [-0.2, -0.15) is 0 Å². The molecule has 1 aliphatic heterocycles. The van der Waals surface area contributed by atoms with E-state index in [9.17, 15) is 0 Å². The second-order valence-corrected chi connectivity index (χ2v) is 7.06. The number of hydrogen-bond donors (Lipinski definition) is 2. The lowest BCUT2D eigenvalue weighted by Gasteiger charge is -2.40. The van der Waals surface area contributed by atoms with Crippen LogP contribution < -0.4 is 10.6 Å². The molecule has 0 aromatic rings. The van der Waals surface area contributed by atoms with Gasteiger partial charge in [-0.3, -0.25) is 14.8 Å². The highest BCUT2D eigenvalue weighted by Gasteiger charge is 2.28. The molecule has 2 N–H and O–H groups in total. The van der Waals surface area contributed by atoms with Gasteiger partial charge < -0.3 is 15.4 Å². The average Bonchev–Trinajstić information content (AvgIpc) is 2.59. The van der Waals surface area contributed by atoms with E-state index in [1.807, 2.05) is 0 Å². The van der Waals surface area contributed by atoms with Crippen molar-refractivity contribution in [1.29, 1.82) is 0 Å². The Morgan fingerprint density at radius 1 is 1.16 bits per heavy atom. The van der Waals surface area contributed by atoms with Gasteiger partial charge in [-0.1, -0.05) is 13.8 Å². The molecule has 1 aliphatic rings. The predicted octanol–water partition coefficient (Wildman–Crippen LogP) is 2.00. The summed E-state index contributed by atoms with van der Waals surface area (Å²) in [7, 11) is 0. The van der Waals surface area contributed by atoms with E-state index >= 15 is 0 Å².